The van der Waals surface area contributed by atoms with Gasteiger partial charge in [0.1, 0.15) is 0 Å². The van der Waals surface area contributed by atoms with Gasteiger partial charge in [0.05, 0.1) is 17.7 Å². The first-order chi connectivity index (χ1) is 8.00. The van der Waals surface area contributed by atoms with Crippen molar-refractivity contribution >= 4 is 21.7 Å². The van der Waals surface area contributed by atoms with Gasteiger partial charge in [-0.15, -0.1) is 0 Å². The molecule has 0 amide bonds. The van der Waals surface area contributed by atoms with Crippen LogP contribution in [0.15, 0.2) is 29.0 Å². The molecular formula is C13H13BrN2O. The van der Waals surface area contributed by atoms with Crippen molar-refractivity contribution in [3.05, 3.63) is 46.0 Å². The van der Waals surface area contributed by atoms with E-state index >= 15 is 0 Å². The average Bonchev–Trinajstić information content (AvgIpc) is 2.59. The maximum absolute atomic E-state index is 11.6. The van der Waals surface area contributed by atoms with Gasteiger partial charge in [-0.05, 0) is 39.0 Å². The fraction of sp³-hybridized carbons (Fsp3) is 0.231. The van der Waals surface area contributed by atoms with E-state index in [0.29, 0.717) is 5.56 Å². The molecule has 0 bridgehead atoms. The highest BCUT2D eigenvalue weighted by atomic mass is 79.9. The number of nitrogens with zero attached hydrogens (tertiary/aromatic N) is 2. The Morgan fingerprint density at radius 2 is 2.06 bits per heavy atom. The summed E-state index contributed by atoms with van der Waals surface area (Å²) in [7, 11) is 0. The molecule has 0 aliphatic heterocycles. The first-order valence-electron chi connectivity index (χ1n) is 5.32. The highest BCUT2D eigenvalue weighted by molar-refractivity contribution is 9.10. The third-order valence-corrected chi connectivity index (χ3v) is 3.34. The number of carbonyl (C=O) groups excluding carboxylic acids is 1. The first-order valence-corrected chi connectivity index (χ1v) is 6.11. The van der Waals surface area contributed by atoms with Crippen LogP contribution in [0.2, 0.25) is 0 Å². The highest BCUT2D eigenvalue weighted by Crippen LogP contribution is 2.23. The van der Waals surface area contributed by atoms with Crippen LogP contribution < -0.4 is 0 Å². The predicted octanol–water partition coefficient (Wildman–Crippen LogP) is 3.45. The van der Waals surface area contributed by atoms with Crippen molar-refractivity contribution in [2.45, 2.75) is 20.8 Å². The maximum Gasteiger partial charge on any atom is 0.161 e. The molecule has 2 rings (SSSR count). The van der Waals surface area contributed by atoms with Crippen molar-refractivity contribution < 1.29 is 4.79 Å². The lowest BCUT2D eigenvalue weighted by molar-refractivity contribution is 0.101. The third kappa shape index (κ3) is 2.17. The molecule has 0 atom stereocenters. The molecule has 0 aliphatic rings. The van der Waals surface area contributed by atoms with Crippen molar-refractivity contribution in [1.82, 2.24) is 9.55 Å². The number of carbonyl (C=O) groups is 1. The summed E-state index contributed by atoms with van der Waals surface area (Å²) in [5.74, 6) is 0.0539. The number of aryl methyl sites for hydroxylation is 1. The molecule has 1 heterocycles. The number of halogens is 1. The van der Waals surface area contributed by atoms with Crippen molar-refractivity contribution in [3.63, 3.8) is 0 Å². The Hall–Kier alpha value is -1.42. The highest BCUT2D eigenvalue weighted by Gasteiger charge is 2.12. The first kappa shape index (κ1) is 12.0. The van der Waals surface area contributed by atoms with Crippen LogP contribution in [0.4, 0.5) is 0 Å². The third-order valence-electron chi connectivity index (χ3n) is 2.85. The zero-order chi connectivity index (χ0) is 12.6. The predicted molar refractivity (Wildman–Crippen MR) is 70.7 cm³/mol. The molecule has 0 spiro atoms. The topological polar surface area (TPSA) is 34.9 Å². The van der Waals surface area contributed by atoms with Gasteiger partial charge in [-0.2, -0.15) is 0 Å². The van der Waals surface area contributed by atoms with E-state index in [1.807, 2.05) is 36.6 Å². The van der Waals surface area contributed by atoms with E-state index in [0.717, 1.165) is 21.5 Å². The standard InChI is InChI=1S/C13H13BrN2O/c1-8-9(2)16(7-15-8)13-6-11(14)4-5-12(13)10(3)17/h4-7H,1-3H3. The Kier molecular flexibility index (Phi) is 3.15. The number of ketones is 1. The second-order valence-corrected chi connectivity index (χ2v) is 4.92. The summed E-state index contributed by atoms with van der Waals surface area (Å²) in [5, 5.41) is 0. The molecule has 17 heavy (non-hydrogen) atoms. The minimum atomic E-state index is 0.0539. The van der Waals surface area contributed by atoms with E-state index in [2.05, 4.69) is 20.9 Å². The zero-order valence-corrected chi connectivity index (χ0v) is 11.6. The van der Waals surface area contributed by atoms with Crippen LogP contribution in [-0.4, -0.2) is 15.3 Å². The minimum absolute atomic E-state index is 0.0539. The quantitative estimate of drug-likeness (QED) is 0.795. The smallest absolute Gasteiger partial charge is 0.161 e. The number of hydrogen-bond acceptors (Lipinski definition) is 2. The van der Waals surface area contributed by atoms with Crippen LogP contribution in [0.1, 0.15) is 28.7 Å². The van der Waals surface area contributed by atoms with Gasteiger partial charge in [0.25, 0.3) is 0 Å². The molecule has 0 N–H and O–H groups in total. The van der Waals surface area contributed by atoms with E-state index in [4.69, 9.17) is 0 Å². The number of rotatable bonds is 2. The lowest BCUT2D eigenvalue weighted by Crippen LogP contribution is -2.04. The molecule has 0 saturated heterocycles. The van der Waals surface area contributed by atoms with Crippen LogP contribution in [0.5, 0.6) is 0 Å². The molecule has 2 aromatic rings. The van der Waals surface area contributed by atoms with Crippen LogP contribution in [-0.2, 0) is 0 Å². The number of hydrogen-bond donors (Lipinski definition) is 0. The summed E-state index contributed by atoms with van der Waals surface area (Å²) in [6, 6.07) is 5.64. The van der Waals surface area contributed by atoms with E-state index < -0.39 is 0 Å². The Morgan fingerprint density at radius 1 is 1.35 bits per heavy atom. The molecule has 0 radical (unpaired) electrons. The van der Waals surface area contributed by atoms with E-state index in [-0.39, 0.29) is 5.78 Å². The molecule has 0 unspecified atom stereocenters. The van der Waals surface area contributed by atoms with Crippen LogP contribution >= 0.6 is 15.9 Å². The minimum Gasteiger partial charge on any atom is -0.303 e. The van der Waals surface area contributed by atoms with Gasteiger partial charge in [0.2, 0.25) is 0 Å². The molecule has 3 nitrogen and oxygen atoms in total. The molecule has 4 heteroatoms. The van der Waals surface area contributed by atoms with Gasteiger partial charge in [0.15, 0.2) is 5.78 Å². The van der Waals surface area contributed by atoms with Gasteiger partial charge in [0, 0.05) is 15.7 Å². The summed E-state index contributed by atoms with van der Waals surface area (Å²) in [6.07, 6.45) is 1.75. The van der Waals surface area contributed by atoms with Gasteiger partial charge in [-0.25, -0.2) is 4.98 Å². The lowest BCUT2D eigenvalue weighted by atomic mass is 10.1. The van der Waals surface area contributed by atoms with Crippen LogP contribution in [0, 0.1) is 13.8 Å². The summed E-state index contributed by atoms with van der Waals surface area (Å²) in [4.78, 5) is 15.9. The normalized spacial score (nSPS) is 10.6. The zero-order valence-electron chi connectivity index (χ0n) is 9.99. The molecule has 1 aromatic carbocycles. The SMILES string of the molecule is CC(=O)c1ccc(Br)cc1-n1cnc(C)c1C. The Morgan fingerprint density at radius 3 is 2.59 bits per heavy atom. The molecular weight excluding hydrogens is 280 g/mol. The largest absolute Gasteiger partial charge is 0.303 e. The van der Waals surface area contributed by atoms with E-state index in [9.17, 15) is 4.79 Å². The summed E-state index contributed by atoms with van der Waals surface area (Å²) in [5.41, 5.74) is 3.59. The fourth-order valence-corrected chi connectivity index (χ4v) is 2.09. The van der Waals surface area contributed by atoms with Gasteiger partial charge < -0.3 is 4.57 Å². The second-order valence-electron chi connectivity index (χ2n) is 4.00. The summed E-state index contributed by atoms with van der Waals surface area (Å²) >= 11 is 3.43. The Labute approximate surface area is 109 Å². The number of aromatic nitrogens is 2. The summed E-state index contributed by atoms with van der Waals surface area (Å²) in [6.45, 7) is 5.52. The fourth-order valence-electron chi connectivity index (χ4n) is 1.74. The number of Topliss-reactive ketones (excluding diaryl/α,β-unsaturated/α-hetero) is 1. The van der Waals surface area contributed by atoms with Crippen molar-refractivity contribution in [3.8, 4) is 5.69 Å². The van der Waals surface area contributed by atoms with Crippen LogP contribution in [0.25, 0.3) is 5.69 Å². The lowest BCUT2D eigenvalue weighted by Gasteiger charge is -2.10. The maximum atomic E-state index is 11.6. The van der Waals surface area contributed by atoms with Gasteiger partial charge in [-0.3, -0.25) is 4.79 Å². The molecule has 88 valence electrons. The molecule has 1 aromatic heterocycles. The number of imidazole rings is 1. The Bertz CT molecular complexity index is 587. The summed E-state index contributed by atoms with van der Waals surface area (Å²) < 4.78 is 2.89. The van der Waals surface area contributed by atoms with E-state index in [1.165, 1.54) is 0 Å². The van der Waals surface area contributed by atoms with Crippen molar-refractivity contribution in [1.29, 1.82) is 0 Å². The molecule has 0 saturated carbocycles. The van der Waals surface area contributed by atoms with Gasteiger partial charge in [-0.1, -0.05) is 15.9 Å². The Balaban J connectivity index is 2.69. The number of benzene rings is 1. The molecule has 0 fully saturated rings. The monoisotopic (exact) mass is 292 g/mol. The van der Waals surface area contributed by atoms with E-state index in [1.54, 1.807) is 13.3 Å². The van der Waals surface area contributed by atoms with Crippen molar-refractivity contribution in [2.24, 2.45) is 0 Å². The second kappa shape index (κ2) is 4.45. The van der Waals surface area contributed by atoms with Crippen molar-refractivity contribution in [2.75, 3.05) is 0 Å². The van der Waals surface area contributed by atoms with Gasteiger partial charge >= 0.3 is 0 Å². The molecule has 0 aliphatic carbocycles. The van der Waals surface area contributed by atoms with Crippen LogP contribution in [0.3, 0.4) is 0 Å². The average molecular weight is 293 g/mol.